The average molecular weight is 529 g/mol. The molecule has 7 nitrogen and oxygen atoms in total. The van der Waals surface area contributed by atoms with Gasteiger partial charge in [-0.15, -0.1) is 0 Å². The summed E-state index contributed by atoms with van der Waals surface area (Å²) in [6, 6.07) is 20.3. The number of nitrogens with zero attached hydrogens (tertiary/aromatic N) is 1. The van der Waals surface area contributed by atoms with Crippen molar-refractivity contribution in [3.05, 3.63) is 99.0 Å². The van der Waals surface area contributed by atoms with Gasteiger partial charge in [-0.05, 0) is 57.9 Å². The number of hydrazone groups is 1. The maximum absolute atomic E-state index is 12.3. The molecule has 2 amide bonds. The molecular weight excluding hydrogens is 510 g/mol. The Kier molecular flexibility index (Phi) is 8.74. The second kappa shape index (κ2) is 11.9. The number of rotatable bonds is 8. The van der Waals surface area contributed by atoms with Crippen molar-refractivity contribution in [1.82, 2.24) is 10.7 Å². The normalized spacial score (nSPS) is 10.6. The number of nitrogens with one attached hydrogen (secondary N) is 2. The number of benzene rings is 3. The minimum atomic E-state index is -0.576. The lowest BCUT2D eigenvalue weighted by molar-refractivity contribution is -0.120. The molecule has 0 fully saturated rings. The number of hydrogen-bond donors (Lipinski definition) is 2. The lowest BCUT2D eigenvalue weighted by Gasteiger charge is -2.06. The van der Waals surface area contributed by atoms with Gasteiger partial charge in [0.2, 0.25) is 5.91 Å². The molecule has 0 radical (unpaired) electrons. The summed E-state index contributed by atoms with van der Waals surface area (Å²) < 4.78 is 6.03. The zero-order valence-corrected chi connectivity index (χ0v) is 19.6. The second-order valence-electron chi connectivity index (χ2n) is 6.72. The Hall–Kier alpha value is -3.49. The van der Waals surface area contributed by atoms with E-state index in [1.807, 2.05) is 6.07 Å². The van der Waals surface area contributed by atoms with E-state index in [1.165, 1.54) is 6.21 Å². The maximum Gasteiger partial charge on any atom is 0.345 e. The lowest BCUT2D eigenvalue weighted by Crippen LogP contribution is -2.29. The summed E-state index contributed by atoms with van der Waals surface area (Å²) in [5, 5.41) is 6.88. The smallest absolute Gasteiger partial charge is 0.345 e. The summed E-state index contributed by atoms with van der Waals surface area (Å²) in [4.78, 5) is 36.3. The summed E-state index contributed by atoms with van der Waals surface area (Å²) >= 11 is 9.33. The van der Waals surface area contributed by atoms with Crippen LogP contribution in [-0.2, 0) is 4.79 Å². The van der Waals surface area contributed by atoms with Crippen molar-refractivity contribution in [3.63, 3.8) is 0 Å². The molecule has 0 aliphatic carbocycles. The molecule has 3 aromatic rings. The van der Waals surface area contributed by atoms with E-state index < -0.39 is 5.97 Å². The summed E-state index contributed by atoms with van der Waals surface area (Å²) in [7, 11) is 0. The summed E-state index contributed by atoms with van der Waals surface area (Å²) in [5.41, 5.74) is 3.76. The van der Waals surface area contributed by atoms with Crippen LogP contribution in [0.3, 0.4) is 0 Å². The predicted octanol–water partition coefficient (Wildman–Crippen LogP) is 4.59. The van der Waals surface area contributed by atoms with Crippen molar-refractivity contribution in [2.45, 2.75) is 6.42 Å². The van der Waals surface area contributed by atoms with E-state index in [9.17, 15) is 14.4 Å². The first kappa shape index (κ1) is 24.2. The predicted molar refractivity (Wildman–Crippen MR) is 130 cm³/mol. The van der Waals surface area contributed by atoms with Crippen LogP contribution in [0.25, 0.3) is 0 Å². The summed E-state index contributed by atoms with van der Waals surface area (Å²) in [5.74, 6) is -0.903. The number of hydrogen-bond acceptors (Lipinski definition) is 5. The second-order valence-corrected chi connectivity index (χ2v) is 7.98. The highest BCUT2D eigenvalue weighted by Crippen LogP contribution is 2.19. The van der Waals surface area contributed by atoms with E-state index in [1.54, 1.807) is 66.7 Å². The number of esters is 1. The van der Waals surface area contributed by atoms with E-state index in [-0.39, 0.29) is 30.3 Å². The first-order valence-corrected chi connectivity index (χ1v) is 11.0. The van der Waals surface area contributed by atoms with Gasteiger partial charge in [-0.25, -0.2) is 10.2 Å². The van der Waals surface area contributed by atoms with Crippen LogP contribution in [0.15, 0.2) is 82.4 Å². The molecule has 2 N–H and O–H groups in total. The zero-order chi connectivity index (χ0) is 23.6. The van der Waals surface area contributed by atoms with Crippen LogP contribution in [-0.4, -0.2) is 30.5 Å². The van der Waals surface area contributed by atoms with Crippen LogP contribution in [0.5, 0.6) is 5.75 Å². The summed E-state index contributed by atoms with van der Waals surface area (Å²) in [6.45, 7) is 0.162. The van der Waals surface area contributed by atoms with Crippen molar-refractivity contribution in [2.24, 2.45) is 5.10 Å². The van der Waals surface area contributed by atoms with Crippen LogP contribution in [0.2, 0.25) is 5.02 Å². The molecule has 0 atom stereocenters. The number of amides is 2. The van der Waals surface area contributed by atoms with Crippen molar-refractivity contribution in [3.8, 4) is 5.75 Å². The number of halogens is 2. The number of ether oxygens (including phenoxy) is 1. The van der Waals surface area contributed by atoms with E-state index >= 15 is 0 Å². The first-order chi connectivity index (χ1) is 15.9. The van der Waals surface area contributed by atoms with E-state index in [0.29, 0.717) is 26.4 Å². The van der Waals surface area contributed by atoms with Crippen LogP contribution >= 0.6 is 27.5 Å². The van der Waals surface area contributed by atoms with Crippen LogP contribution in [0, 0.1) is 0 Å². The maximum atomic E-state index is 12.3. The summed E-state index contributed by atoms with van der Waals surface area (Å²) in [6.07, 6.45) is 1.48. The van der Waals surface area contributed by atoms with E-state index in [0.717, 1.165) is 0 Å². The van der Waals surface area contributed by atoms with Gasteiger partial charge in [0.25, 0.3) is 5.91 Å². The molecule has 3 aromatic carbocycles. The molecule has 0 heterocycles. The average Bonchev–Trinajstić information content (AvgIpc) is 2.80. The lowest BCUT2D eigenvalue weighted by atomic mass is 10.2. The van der Waals surface area contributed by atoms with E-state index in [2.05, 4.69) is 31.8 Å². The van der Waals surface area contributed by atoms with Crippen molar-refractivity contribution in [2.75, 3.05) is 6.54 Å². The van der Waals surface area contributed by atoms with Gasteiger partial charge in [0.05, 0.1) is 22.4 Å². The highest BCUT2D eigenvalue weighted by atomic mass is 79.9. The molecule has 0 aliphatic heterocycles. The molecule has 168 valence electrons. The molecular formula is C24H19BrClN3O4. The molecule has 0 saturated heterocycles. The van der Waals surface area contributed by atoms with Crippen LogP contribution < -0.4 is 15.5 Å². The highest BCUT2D eigenvalue weighted by Gasteiger charge is 2.12. The Morgan fingerprint density at radius 3 is 2.45 bits per heavy atom. The first-order valence-electron chi connectivity index (χ1n) is 9.85. The standard InChI is InChI=1S/C24H19BrClN3O4/c25-20-10-3-1-8-18(20)23(31)27-13-12-22(30)29-28-15-16-6-5-7-17(14-16)33-24(32)19-9-2-4-11-21(19)26/h1-11,14-15H,12-13H2,(H,27,31)(H,29,30). The Bertz CT molecular complexity index is 1200. The molecule has 3 rings (SSSR count). The number of carbonyl (C=O) groups is 3. The van der Waals surface area contributed by atoms with Crippen molar-refractivity contribution < 1.29 is 19.1 Å². The third-order valence-corrected chi connectivity index (χ3v) is 5.34. The highest BCUT2D eigenvalue weighted by molar-refractivity contribution is 9.10. The van der Waals surface area contributed by atoms with Gasteiger partial charge in [0.15, 0.2) is 0 Å². The third kappa shape index (κ3) is 7.27. The van der Waals surface area contributed by atoms with Crippen molar-refractivity contribution in [1.29, 1.82) is 0 Å². The van der Waals surface area contributed by atoms with Gasteiger partial charge in [0.1, 0.15) is 5.75 Å². The van der Waals surface area contributed by atoms with Gasteiger partial charge < -0.3 is 10.1 Å². The quantitative estimate of drug-likeness (QED) is 0.193. The molecule has 0 saturated carbocycles. The molecule has 33 heavy (non-hydrogen) atoms. The number of carbonyl (C=O) groups excluding carboxylic acids is 3. The fraction of sp³-hybridized carbons (Fsp3) is 0.0833. The van der Waals surface area contributed by atoms with Crippen LogP contribution in [0.4, 0.5) is 0 Å². The molecule has 0 unspecified atom stereocenters. The van der Waals surface area contributed by atoms with E-state index in [4.69, 9.17) is 16.3 Å². The Morgan fingerprint density at radius 1 is 0.970 bits per heavy atom. The Balaban J connectivity index is 1.46. The largest absolute Gasteiger partial charge is 0.423 e. The fourth-order valence-electron chi connectivity index (χ4n) is 2.71. The van der Waals surface area contributed by atoms with Crippen molar-refractivity contribution >= 4 is 51.5 Å². The molecule has 0 aromatic heterocycles. The van der Waals surface area contributed by atoms with Gasteiger partial charge in [-0.3, -0.25) is 9.59 Å². The van der Waals surface area contributed by atoms with Crippen LogP contribution in [0.1, 0.15) is 32.7 Å². The Labute approximate surface area is 203 Å². The SMILES string of the molecule is O=C(CCNC(=O)c1ccccc1Br)NN=Cc1cccc(OC(=O)c2ccccc2Cl)c1. The molecule has 0 spiro atoms. The Morgan fingerprint density at radius 2 is 1.70 bits per heavy atom. The third-order valence-electron chi connectivity index (χ3n) is 4.32. The fourth-order valence-corrected chi connectivity index (χ4v) is 3.39. The van der Waals surface area contributed by atoms with Gasteiger partial charge in [-0.2, -0.15) is 5.10 Å². The zero-order valence-electron chi connectivity index (χ0n) is 17.3. The molecule has 9 heteroatoms. The topological polar surface area (TPSA) is 96.9 Å². The van der Waals surface area contributed by atoms with Gasteiger partial charge in [0, 0.05) is 17.4 Å². The van der Waals surface area contributed by atoms with Gasteiger partial charge in [-0.1, -0.05) is 48.0 Å². The molecule has 0 aliphatic rings. The minimum absolute atomic E-state index is 0.0586. The molecule has 0 bridgehead atoms. The minimum Gasteiger partial charge on any atom is -0.423 e. The van der Waals surface area contributed by atoms with Gasteiger partial charge >= 0.3 is 5.97 Å². The monoisotopic (exact) mass is 527 g/mol.